The minimum absolute atomic E-state index is 0.0898. The van der Waals surface area contributed by atoms with Crippen molar-refractivity contribution in [2.24, 2.45) is 0 Å². The largest absolute Gasteiger partial charge is 0.389 e. The highest BCUT2D eigenvalue weighted by molar-refractivity contribution is 9.10. The Morgan fingerprint density at radius 3 is 2.50 bits per heavy atom. The molecule has 1 aromatic rings. The summed E-state index contributed by atoms with van der Waals surface area (Å²) < 4.78 is 37.0. The van der Waals surface area contributed by atoms with E-state index in [1.165, 1.54) is 0 Å². The third kappa shape index (κ3) is 4.34. The van der Waals surface area contributed by atoms with Crippen LogP contribution in [-0.2, 0) is 0 Å². The summed E-state index contributed by atoms with van der Waals surface area (Å²) in [7, 11) is 0. The van der Waals surface area contributed by atoms with Crippen LogP contribution in [0.1, 0.15) is 29.3 Å². The lowest BCUT2D eigenvalue weighted by molar-refractivity contribution is -0.135. The fraction of sp³-hybridized carbons (Fsp3) is 0.455. The summed E-state index contributed by atoms with van der Waals surface area (Å²) in [4.78, 5) is 0. The number of halogens is 5. The Hall–Kier alpha value is -0.220. The number of benzene rings is 1. The van der Waals surface area contributed by atoms with E-state index in [0.717, 1.165) is 15.6 Å². The first-order valence-corrected chi connectivity index (χ1v) is 5.99. The van der Waals surface area contributed by atoms with E-state index in [0.29, 0.717) is 0 Å². The third-order valence-electron chi connectivity index (χ3n) is 2.25. The first-order valence-electron chi connectivity index (χ1n) is 4.76. The molecular weight excluding hydrogens is 304 g/mol. The molecule has 0 aliphatic heterocycles. The number of hydrogen-bond donors (Lipinski definition) is 0. The van der Waals surface area contributed by atoms with E-state index >= 15 is 0 Å². The molecule has 90 valence electrons. The Balaban J connectivity index is 2.70. The van der Waals surface area contributed by atoms with E-state index in [-0.39, 0.29) is 6.42 Å². The lowest BCUT2D eigenvalue weighted by Gasteiger charge is -2.14. The number of aryl methyl sites for hydroxylation is 1. The van der Waals surface area contributed by atoms with Crippen LogP contribution in [0.5, 0.6) is 0 Å². The minimum Gasteiger partial charge on any atom is -0.171 e. The van der Waals surface area contributed by atoms with Crippen molar-refractivity contribution in [3.05, 3.63) is 33.8 Å². The maximum Gasteiger partial charge on any atom is 0.389 e. The van der Waals surface area contributed by atoms with Crippen LogP contribution in [0.4, 0.5) is 13.2 Å². The van der Waals surface area contributed by atoms with Crippen molar-refractivity contribution in [3.8, 4) is 0 Å². The molecule has 0 fully saturated rings. The molecule has 0 amide bonds. The van der Waals surface area contributed by atoms with Crippen LogP contribution in [0.2, 0.25) is 0 Å². The molecular formula is C11H11BrClF3. The molecule has 16 heavy (non-hydrogen) atoms. The molecule has 0 nitrogen and oxygen atoms in total. The highest BCUT2D eigenvalue weighted by atomic mass is 79.9. The Labute approximate surface area is 106 Å². The molecule has 0 radical (unpaired) electrons. The van der Waals surface area contributed by atoms with Gasteiger partial charge in [0.2, 0.25) is 0 Å². The molecule has 5 heteroatoms. The number of rotatable bonds is 3. The van der Waals surface area contributed by atoms with Gasteiger partial charge in [-0.3, -0.25) is 0 Å². The van der Waals surface area contributed by atoms with Gasteiger partial charge in [0.1, 0.15) is 0 Å². The van der Waals surface area contributed by atoms with Crippen LogP contribution in [0.3, 0.4) is 0 Å². The minimum atomic E-state index is -4.14. The number of alkyl halides is 4. The maximum atomic E-state index is 12.0. The maximum absolute atomic E-state index is 12.0. The molecule has 1 atom stereocenters. The second-order valence-electron chi connectivity index (χ2n) is 3.62. The lowest BCUT2D eigenvalue weighted by atomic mass is 10.0. The van der Waals surface area contributed by atoms with Crippen molar-refractivity contribution in [1.82, 2.24) is 0 Å². The molecule has 0 aliphatic carbocycles. The first-order chi connectivity index (χ1) is 7.29. The third-order valence-corrected chi connectivity index (χ3v) is 3.20. The SMILES string of the molecule is Cc1cc(Br)ccc1C(Cl)CCC(F)(F)F. The Bertz CT molecular complexity index is 363. The van der Waals surface area contributed by atoms with Gasteiger partial charge in [-0.05, 0) is 36.6 Å². The van der Waals surface area contributed by atoms with Crippen molar-refractivity contribution in [2.45, 2.75) is 31.3 Å². The van der Waals surface area contributed by atoms with Gasteiger partial charge in [0.25, 0.3) is 0 Å². The van der Waals surface area contributed by atoms with Crippen molar-refractivity contribution in [1.29, 1.82) is 0 Å². The topological polar surface area (TPSA) is 0 Å². The fourth-order valence-corrected chi connectivity index (χ4v) is 2.27. The van der Waals surface area contributed by atoms with Gasteiger partial charge < -0.3 is 0 Å². The average Bonchev–Trinajstić information content (AvgIpc) is 2.13. The predicted molar refractivity (Wildman–Crippen MR) is 62.8 cm³/mol. The van der Waals surface area contributed by atoms with E-state index in [1.807, 2.05) is 13.0 Å². The summed E-state index contributed by atoms with van der Waals surface area (Å²) in [5.74, 6) is 0. The van der Waals surface area contributed by atoms with E-state index < -0.39 is 18.0 Å². The summed E-state index contributed by atoms with van der Waals surface area (Å²) in [6.45, 7) is 1.84. The molecule has 1 unspecified atom stereocenters. The molecule has 0 heterocycles. The zero-order chi connectivity index (χ0) is 12.3. The van der Waals surface area contributed by atoms with Gasteiger partial charge in [-0.15, -0.1) is 11.6 Å². The molecule has 0 saturated carbocycles. The lowest BCUT2D eigenvalue weighted by Crippen LogP contribution is -2.08. The standard InChI is InChI=1S/C11H11BrClF3/c1-7-6-8(12)2-3-9(7)10(13)4-5-11(14,15)16/h2-3,6,10H,4-5H2,1H3. The normalized spacial score (nSPS) is 13.9. The van der Waals surface area contributed by atoms with Gasteiger partial charge in [0.15, 0.2) is 0 Å². The van der Waals surface area contributed by atoms with Crippen molar-refractivity contribution in [3.63, 3.8) is 0 Å². The van der Waals surface area contributed by atoms with Crippen molar-refractivity contribution < 1.29 is 13.2 Å². The van der Waals surface area contributed by atoms with Crippen LogP contribution < -0.4 is 0 Å². The second kappa shape index (κ2) is 5.41. The Kier molecular flexibility index (Phi) is 4.68. The van der Waals surface area contributed by atoms with Crippen LogP contribution in [0.25, 0.3) is 0 Å². The summed E-state index contributed by atoms with van der Waals surface area (Å²) in [5.41, 5.74) is 1.66. The molecule has 1 rings (SSSR count). The predicted octanol–water partition coefficient (Wildman–Crippen LogP) is 5.38. The van der Waals surface area contributed by atoms with Crippen molar-refractivity contribution in [2.75, 3.05) is 0 Å². The average molecular weight is 316 g/mol. The van der Waals surface area contributed by atoms with Crippen LogP contribution >= 0.6 is 27.5 Å². The smallest absolute Gasteiger partial charge is 0.171 e. The van der Waals surface area contributed by atoms with Gasteiger partial charge in [-0.2, -0.15) is 13.2 Å². The Morgan fingerprint density at radius 2 is 2.00 bits per heavy atom. The second-order valence-corrected chi connectivity index (χ2v) is 5.06. The Morgan fingerprint density at radius 1 is 1.38 bits per heavy atom. The monoisotopic (exact) mass is 314 g/mol. The highest BCUT2D eigenvalue weighted by Gasteiger charge is 2.28. The van der Waals surface area contributed by atoms with Crippen LogP contribution in [0.15, 0.2) is 22.7 Å². The number of hydrogen-bond acceptors (Lipinski definition) is 0. The van der Waals surface area contributed by atoms with Crippen LogP contribution in [-0.4, -0.2) is 6.18 Å². The van der Waals surface area contributed by atoms with Gasteiger partial charge in [-0.25, -0.2) is 0 Å². The molecule has 0 N–H and O–H groups in total. The van der Waals surface area contributed by atoms with E-state index in [2.05, 4.69) is 15.9 Å². The van der Waals surface area contributed by atoms with E-state index in [9.17, 15) is 13.2 Å². The highest BCUT2D eigenvalue weighted by Crippen LogP contribution is 2.33. The zero-order valence-electron chi connectivity index (χ0n) is 8.61. The van der Waals surface area contributed by atoms with Gasteiger partial charge in [-0.1, -0.05) is 22.0 Å². The van der Waals surface area contributed by atoms with Gasteiger partial charge >= 0.3 is 6.18 Å². The summed E-state index contributed by atoms with van der Waals surface area (Å²) in [6.07, 6.45) is -5.08. The summed E-state index contributed by atoms with van der Waals surface area (Å²) >= 11 is 9.25. The molecule has 0 bridgehead atoms. The molecule has 0 aromatic heterocycles. The van der Waals surface area contributed by atoms with Crippen LogP contribution in [0, 0.1) is 6.92 Å². The van der Waals surface area contributed by atoms with E-state index in [1.54, 1.807) is 12.1 Å². The quantitative estimate of drug-likeness (QED) is 0.657. The summed E-state index contributed by atoms with van der Waals surface area (Å²) in [5, 5.41) is -0.588. The van der Waals surface area contributed by atoms with Crippen molar-refractivity contribution >= 4 is 27.5 Å². The van der Waals surface area contributed by atoms with E-state index in [4.69, 9.17) is 11.6 Å². The zero-order valence-corrected chi connectivity index (χ0v) is 11.0. The fourth-order valence-electron chi connectivity index (χ4n) is 1.44. The van der Waals surface area contributed by atoms with Gasteiger partial charge in [0.05, 0.1) is 5.38 Å². The molecule has 0 aliphatic rings. The molecule has 0 spiro atoms. The summed E-state index contributed by atoms with van der Waals surface area (Å²) in [6, 6.07) is 5.39. The molecule has 0 saturated heterocycles. The van der Waals surface area contributed by atoms with Gasteiger partial charge in [0, 0.05) is 10.9 Å². The molecule has 1 aromatic carbocycles. The first kappa shape index (κ1) is 13.8.